The summed E-state index contributed by atoms with van der Waals surface area (Å²) in [6, 6.07) is 4.54. The number of nitrogens with zero attached hydrogens (tertiary/aromatic N) is 2. The smallest absolute Gasteiger partial charge is 0.293 e. The maximum atomic E-state index is 11.7. The molecule has 0 spiro atoms. The van der Waals surface area contributed by atoms with E-state index in [0.717, 1.165) is 19.4 Å². The Bertz CT molecular complexity index is 647. The van der Waals surface area contributed by atoms with Crippen molar-refractivity contribution in [1.82, 2.24) is 10.6 Å². The molecule has 1 heterocycles. The summed E-state index contributed by atoms with van der Waals surface area (Å²) in [5.74, 6) is -0.180. The number of rotatable bonds is 5. The van der Waals surface area contributed by atoms with Crippen LogP contribution in [0.5, 0.6) is 0 Å². The fourth-order valence-electron chi connectivity index (χ4n) is 2.96. The first-order valence-corrected chi connectivity index (χ1v) is 7.92. The summed E-state index contributed by atoms with van der Waals surface area (Å²) in [4.78, 5) is 35.7. The summed E-state index contributed by atoms with van der Waals surface area (Å²) in [6.07, 6.45) is 1.87. The van der Waals surface area contributed by atoms with Gasteiger partial charge in [0.15, 0.2) is 0 Å². The van der Waals surface area contributed by atoms with Crippen LogP contribution >= 0.6 is 0 Å². The van der Waals surface area contributed by atoms with Crippen molar-refractivity contribution in [2.45, 2.75) is 19.8 Å². The van der Waals surface area contributed by atoms with Gasteiger partial charge in [-0.3, -0.25) is 19.7 Å². The molecular weight excluding hydrogens is 312 g/mol. The lowest BCUT2D eigenvalue weighted by molar-refractivity contribution is -0.384. The van der Waals surface area contributed by atoms with Gasteiger partial charge in [0.25, 0.3) is 11.6 Å². The molecule has 1 atom stereocenters. The van der Waals surface area contributed by atoms with Crippen molar-refractivity contribution in [2.24, 2.45) is 5.92 Å². The highest BCUT2D eigenvalue weighted by atomic mass is 16.6. The zero-order valence-corrected chi connectivity index (χ0v) is 13.9. The molecule has 0 bridgehead atoms. The summed E-state index contributed by atoms with van der Waals surface area (Å²) in [7, 11) is 1.49. The molecule has 24 heavy (non-hydrogen) atoms. The Hall–Kier alpha value is -2.64. The van der Waals surface area contributed by atoms with Gasteiger partial charge in [-0.15, -0.1) is 0 Å². The average molecular weight is 334 g/mol. The lowest BCUT2D eigenvalue weighted by atomic mass is 9.97. The van der Waals surface area contributed by atoms with E-state index in [2.05, 4.69) is 10.6 Å². The Morgan fingerprint density at radius 3 is 2.79 bits per heavy atom. The van der Waals surface area contributed by atoms with E-state index in [-0.39, 0.29) is 29.0 Å². The zero-order chi connectivity index (χ0) is 17.7. The number of carbonyl (C=O) groups excluding carboxylic acids is 2. The SMILES string of the molecule is CNC(=O)c1ccc(N2CCCC(CNC(C)=O)C2)c([N+](=O)[O-])c1. The van der Waals surface area contributed by atoms with Crippen molar-refractivity contribution in [3.63, 3.8) is 0 Å². The predicted molar refractivity (Wildman–Crippen MR) is 90.1 cm³/mol. The number of hydrogen-bond acceptors (Lipinski definition) is 5. The molecule has 2 rings (SSSR count). The minimum atomic E-state index is -0.459. The Morgan fingerprint density at radius 1 is 1.42 bits per heavy atom. The minimum absolute atomic E-state index is 0.0729. The van der Waals surface area contributed by atoms with E-state index in [1.807, 2.05) is 4.90 Å². The lowest BCUT2D eigenvalue weighted by Crippen LogP contribution is -2.40. The molecule has 1 saturated heterocycles. The molecule has 8 nitrogen and oxygen atoms in total. The highest BCUT2D eigenvalue weighted by Gasteiger charge is 2.26. The van der Waals surface area contributed by atoms with E-state index in [0.29, 0.717) is 18.8 Å². The third kappa shape index (κ3) is 4.21. The van der Waals surface area contributed by atoms with Gasteiger partial charge >= 0.3 is 0 Å². The van der Waals surface area contributed by atoms with Gasteiger partial charge in [-0.2, -0.15) is 0 Å². The second kappa shape index (κ2) is 7.76. The van der Waals surface area contributed by atoms with E-state index < -0.39 is 4.92 Å². The fourth-order valence-corrected chi connectivity index (χ4v) is 2.96. The van der Waals surface area contributed by atoms with Crippen molar-refractivity contribution in [3.05, 3.63) is 33.9 Å². The van der Waals surface area contributed by atoms with Crippen LogP contribution in [0.15, 0.2) is 18.2 Å². The van der Waals surface area contributed by atoms with Crippen molar-refractivity contribution >= 4 is 23.2 Å². The number of hydrogen-bond donors (Lipinski definition) is 2. The number of nitrogens with one attached hydrogen (secondary N) is 2. The van der Waals surface area contributed by atoms with E-state index in [4.69, 9.17) is 0 Å². The number of benzene rings is 1. The van der Waals surface area contributed by atoms with Crippen LogP contribution < -0.4 is 15.5 Å². The van der Waals surface area contributed by atoms with Crippen LogP contribution in [0.2, 0.25) is 0 Å². The molecule has 1 aliphatic heterocycles. The summed E-state index contributed by atoms with van der Waals surface area (Å²) < 4.78 is 0. The summed E-state index contributed by atoms with van der Waals surface area (Å²) in [5.41, 5.74) is 0.705. The van der Waals surface area contributed by atoms with Gasteiger partial charge in [0.1, 0.15) is 5.69 Å². The molecule has 1 unspecified atom stereocenters. The van der Waals surface area contributed by atoms with Crippen molar-refractivity contribution in [1.29, 1.82) is 0 Å². The summed E-state index contributed by atoms with van der Waals surface area (Å²) in [6.45, 7) is 3.40. The molecular formula is C16H22N4O4. The van der Waals surface area contributed by atoms with E-state index in [9.17, 15) is 19.7 Å². The highest BCUT2D eigenvalue weighted by Crippen LogP contribution is 2.32. The van der Waals surface area contributed by atoms with Gasteiger partial charge in [-0.05, 0) is 30.9 Å². The molecule has 1 fully saturated rings. The normalized spacial score (nSPS) is 17.2. The van der Waals surface area contributed by atoms with Crippen LogP contribution in [0, 0.1) is 16.0 Å². The van der Waals surface area contributed by atoms with Crippen LogP contribution in [0.1, 0.15) is 30.1 Å². The molecule has 0 saturated carbocycles. The third-order valence-corrected chi connectivity index (χ3v) is 4.16. The quantitative estimate of drug-likeness (QED) is 0.624. The Kier molecular flexibility index (Phi) is 5.73. The summed E-state index contributed by atoms with van der Waals surface area (Å²) >= 11 is 0. The second-order valence-corrected chi connectivity index (χ2v) is 5.93. The minimum Gasteiger partial charge on any atom is -0.366 e. The fraction of sp³-hybridized carbons (Fsp3) is 0.500. The van der Waals surface area contributed by atoms with Crippen LogP contribution in [0.25, 0.3) is 0 Å². The monoisotopic (exact) mass is 334 g/mol. The van der Waals surface area contributed by atoms with E-state index in [1.54, 1.807) is 12.1 Å². The van der Waals surface area contributed by atoms with Gasteiger partial charge in [0.2, 0.25) is 5.91 Å². The van der Waals surface area contributed by atoms with Crippen LogP contribution in [0.3, 0.4) is 0 Å². The molecule has 1 aliphatic rings. The lowest BCUT2D eigenvalue weighted by Gasteiger charge is -2.34. The van der Waals surface area contributed by atoms with Crippen LogP contribution in [0.4, 0.5) is 11.4 Å². The zero-order valence-electron chi connectivity index (χ0n) is 13.9. The molecule has 2 N–H and O–H groups in total. The maximum absolute atomic E-state index is 11.7. The van der Waals surface area contributed by atoms with Gasteiger partial charge in [-0.25, -0.2) is 0 Å². The number of piperidine rings is 1. The number of nitro benzene ring substituents is 1. The average Bonchev–Trinajstić information content (AvgIpc) is 2.58. The van der Waals surface area contributed by atoms with Gasteiger partial charge in [0.05, 0.1) is 4.92 Å². The molecule has 0 aliphatic carbocycles. The molecule has 130 valence electrons. The molecule has 8 heteroatoms. The Labute approximate surface area is 140 Å². The van der Waals surface area contributed by atoms with Crippen LogP contribution in [-0.4, -0.2) is 43.4 Å². The third-order valence-electron chi connectivity index (χ3n) is 4.16. The number of nitro groups is 1. The first kappa shape index (κ1) is 17.7. The number of amides is 2. The highest BCUT2D eigenvalue weighted by molar-refractivity contribution is 5.95. The first-order valence-electron chi connectivity index (χ1n) is 7.92. The summed E-state index contributed by atoms with van der Waals surface area (Å²) in [5, 5.41) is 16.7. The topological polar surface area (TPSA) is 105 Å². The first-order chi connectivity index (χ1) is 11.4. The molecule has 2 amide bonds. The Balaban J connectivity index is 2.21. The maximum Gasteiger partial charge on any atom is 0.293 e. The van der Waals surface area contributed by atoms with Crippen LogP contribution in [-0.2, 0) is 4.79 Å². The van der Waals surface area contributed by atoms with E-state index in [1.165, 1.54) is 20.0 Å². The van der Waals surface area contributed by atoms with Gasteiger partial charge in [-0.1, -0.05) is 0 Å². The molecule has 1 aromatic rings. The number of anilines is 1. The molecule has 1 aromatic carbocycles. The number of carbonyl (C=O) groups is 2. The molecule has 0 radical (unpaired) electrons. The Morgan fingerprint density at radius 2 is 2.17 bits per heavy atom. The van der Waals surface area contributed by atoms with Gasteiger partial charge in [0, 0.05) is 45.2 Å². The standard InChI is InChI=1S/C16H22N4O4/c1-11(21)18-9-12-4-3-7-19(10-12)14-6-5-13(16(22)17-2)8-15(14)20(23)24/h5-6,8,12H,3-4,7,9-10H2,1-2H3,(H,17,22)(H,18,21). The molecule has 0 aromatic heterocycles. The van der Waals surface area contributed by atoms with Crippen molar-refractivity contribution in [2.75, 3.05) is 31.6 Å². The predicted octanol–water partition coefficient (Wildman–Crippen LogP) is 1.31. The van der Waals surface area contributed by atoms with Gasteiger partial charge < -0.3 is 15.5 Å². The van der Waals surface area contributed by atoms with Crippen molar-refractivity contribution < 1.29 is 14.5 Å². The van der Waals surface area contributed by atoms with Crippen molar-refractivity contribution in [3.8, 4) is 0 Å². The van der Waals surface area contributed by atoms with E-state index >= 15 is 0 Å². The largest absolute Gasteiger partial charge is 0.366 e. The second-order valence-electron chi connectivity index (χ2n) is 5.93.